The minimum Gasteiger partial charge on any atom is -0.321 e. The molecule has 17 heavy (non-hydrogen) atoms. The van der Waals surface area contributed by atoms with Crippen LogP contribution in [0.15, 0.2) is 6.33 Å². The normalized spacial score (nSPS) is 11.9. The highest BCUT2D eigenvalue weighted by Gasteiger charge is 2.06. The summed E-state index contributed by atoms with van der Waals surface area (Å²) in [6.45, 7) is 3.19. The van der Waals surface area contributed by atoms with E-state index in [1.54, 1.807) is 13.3 Å². The molecule has 0 fully saturated rings. The van der Waals surface area contributed by atoms with Crippen molar-refractivity contribution in [2.75, 3.05) is 24.6 Å². The van der Waals surface area contributed by atoms with Crippen molar-refractivity contribution in [1.82, 2.24) is 20.1 Å². The largest absolute Gasteiger partial charge is 0.321 e. The maximum absolute atomic E-state index is 11.2. The van der Waals surface area contributed by atoms with Gasteiger partial charge in [-0.3, -0.25) is 0 Å². The summed E-state index contributed by atoms with van der Waals surface area (Å²) in [5.74, 6) is 1.42. The number of aryl methyl sites for hydroxylation is 1. The van der Waals surface area contributed by atoms with Crippen LogP contribution in [-0.2, 0) is 23.3 Å². The van der Waals surface area contributed by atoms with Crippen LogP contribution in [-0.4, -0.2) is 47.8 Å². The molecule has 0 amide bonds. The zero-order chi connectivity index (χ0) is 12.7. The molecule has 1 heterocycles. The molecule has 1 N–H and O–H groups in total. The number of sulfone groups is 1. The fourth-order valence-electron chi connectivity index (χ4n) is 1.42. The molecule has 0 atom stereocenters. The Morgan fingerprint density at radius 3 is 2.76 bits per heavy atom. The number of rotatable bonds is 8. The summed E-state index contributed by atoms with van der Waals surface area (Å²) in [6, 6.07) is 0. The second kappa shape index (κ2) is 6.70. The highest BCUT2D eigenvalue weighted by molar-refractivity contribution is 7.91. The molecule has 0 unspecified atom stereocenters. The molecule has 0 saturated carbocycles. The van der Waals surface area contributed by atoms with Crippen LogP contribution in [0, 0.1) is 0 Å². The zero-order valence-corrected chi connectivity index (χ0v) is 11.2. The van der Waals surface area contributed by atoms with Crippen LogP contribution in [0.3, 0.4) is 0 Å². The standard InChI is InChI=1S/C10H20N4O2S/c1-3-17(15,16)8-4-6-11-7-5-10-13-12-9-14(10)2/h9,11H,3-8H2,1-2H3. The van der Waals surface area contributed by atoms with E-state index in [0.717, 1.165) is 25.3 Å². The van der Waals surface area contributed by atoms with E-state index >= 15 is 0 Å². The topological polar surface area (TPSA) is 76.9 Å². The molecule has 0 saturated heterocycles. The van der Waals surface area contributed by atoms with E-state index in [2.05, 4.69) is 15.5 Å². The Hall–Kier alpha value is -0.950. The Bertz CT molecular complexity index is 427. The second-order valence-electron chi connectivity index (χ2n) is 3.95. The predicted molar refractivity (Wildman–Crippen MR) is 66.5 cm³/mol. The lowest BCUT2D eigenvalue weighted by Crippen LogP contribution is -2.22. The molecular formula is C10H20N4O2S. The summed E-state index contributed by atoms with van der Waals surface area (Å²) in [6.07, 6.45) is 3.13. The van der Waals surface area contributed by atoms with Gasteiger partial charge in [-0.25, -0.2) is 8.42 Å². The van der Waals surface area contributed by atoms with Gasteiger partial charge in [0.25, 0.3) is 0 Å². The SMILES string of the molecule is CCS(=O)(=O)CCCNCCc1nncn1C. The maximum Gasteiger partial charge on any atom is 0.150 e. The number of nitrogens with one attached hydrogen (secondary N) is 1. The van der Waals surface area contributed by atoms with Crippen molar-refractivity contribution in [2.24, 2.45) is 7.05 Å². The lowest BCUT2D eigenvalue weighted by atomic mass is 10.4. The Morgan fingerprint density at radius 2 is 2.18 bits per heavy atom. The molecule has 0 aromatic carbocycles. The van der Waals surface area contributed by atoms with Gasteiger partial charge >= 0.3 is 0 Å². The van der Waals surface area contributed by atoms with Crippen LogP contribution in [0.5, 0.6) is 0 Å². The van der Waals surface area contributed by atoms with Crippen LogP contribution >= 0.6 is 0 Å². The number of hydrogen-bond donors (Lipinski definition) is 1. The molecule has 0 aliphatic rings. The van der Waals surface area contributed by atoms with Gasteiger partial charge in [-0.15, -0.1) is 10.2 Å². The van der Waals surface area contributed by atoms with Crippen LogP contribution in [0.4, 0.5) is 0 Å². The summed E-state index contributed by atoms with van der Waals surface area (Å²) in [4.78, 5) is 0. The molecule has 1 rings (SSSR count). The van der Waals surface area contributed by atoms with Gasteiger partial charge in [0.1, 0.15) is 22.0 Å². The molecule has 0 aliphatic carbocycles. The van der Waals surface area contributed by atoms with E-state index in [-0.39, 0.29) is 11.5 Å². The third kappa shape index (κ3) is 5.27. The van der Waals surface area contributed by atoms with E-state index in [9.17, 15) is 8.42 Å². The molecule has 0 radical (unpaired) electrons. The van der Waals surface area contributed by atoms with Crippen molar-refractivity contribution in [3.05, 3.63) is 12.2 Å². The van der Waals surface area contributed by atoms with E-state index in [4.69, 9.17) is 0 Å². The summed E-state index contributed by atoms with van der Waals surface area (Å²) in [5.41, 5.74) is 0. The molecule has 0 bridgehead atoms. The Labute approximate surface area is 102 Å². The molecule has 1 aromatic rings. The average molecular weight is 260 g/mol. The van der Waals surface area contributed by atoms with Gasteiger partial charge in [-0.05, 0) is 13.0 Å². The monoisotopic (exact) mass is 260 g/mol. The first-order chi connectivity index (χ1) is 8.05. The van der Waals surface area contributed by atoms with Gasteiger partial charge in [-0.2, -0.15) is 0 Å². The van der Waals surface area contributed by atoms with E-state index < -0.39 is 9.84 Å². The van der Waals surface area contributed by atoms with Gasteiger partial charge < -0.3 is 9.88 Å². The summed E-state index contributed by atoms with van der Waals surface area (Å²) in [5, 5.41) is 11.0. The first-order valence-electron chi connectivity index (χ1n) is 5.79. The fourth-order valence-corrected chi connectivity index (χ4v) is 2.29. The van der Waals surface area contributed by atoms with Crippen molar-refractivity contribution >= 4 is 9.84 Å². The maximum atomic E-state index is 11.2. The smallest absolute Gasteiger partial charge is 0.150 e. The van der Waals surface area contributed by atoms with Crippen molar-refractivity contribution < 1.29 is 8.42 Å². The van der Waals surface area contributed by atoms with Crippen molar-refractivity contribution in [1.29, 1.82) is 0 Å². The van der Waals surface area contributed by atoms with Gasteiger partial charge in [0.2, 0.25) is 0 Å². The summed E-state index contributed by atoms with van der Waals surface area (Å²) in [7, 11) is -0.917. The molecule has 98 valence electrons. The molecule has 1 aromatic heterocycles. The van der Waals surface area contributed by atoms with Crippen molar-refractivity contribution in [3.8, 4) is 0 Å². The second-order valence-corrected chi connectivity index (χ2v) is 6.42. The summed E-state index contributed by atoms with van der Waals surface area (Å²) < 4.78 is 24.3. The molecule has 0 aliphatic heterocycles. The highest BCUT2D eigenvalue weighted by Crippen LogP contribution is 1.93. The van der Waals surface area contributed by atoms with E-state index in [1.165, 1.54) is 0 Å². The van der Waals surface area contributed by atoms with Crippen LogP contribution in [0.1, 0.15) is 19.2 Å². The van der Waals surface area contributed by atoms with Gasteiger partial charge in [-0.1, -0.05) is 6.92 Å². The number of nitrogens with zero attached hydrogens (tertiary/aromatic N) is 3. The first kappa shape index (κ1) is 14.1. The van der Waals surface area contributed by atoms with Gasteiger partial charge in [0, 0.05) is 25.8 Å². The molecule has 7 heteroatoms. The number of aromatic nitrogens is 3. The number of hydrogen-bond acceptors (Lipinski definition) is 5. The van der Waals surface area contributed by atoms with Crippen LogP contribution in [0.2, 0.25) is 0 Å². The Morgan fingerprint density at radius 1 is 1.41 bits per heavy atom. The Kier molecular flexibility index (Phi) is 5.57. The van der Waals surface area contributed by atoms with Crippen molar-refractivity contribution in [3.63, 3.8) is 0 Å². The fraction of sp³-hybridized carbons (Fsp3) is 0.800. The lowest BCUT2D eigenvalue weighted by Gasteiger charge is -2.04. The molecule has 0 spiro atoms. The first-order valence-corrected chi connectivity index (χ1v) is 7.61. The third-order valence-electron chi connectivity index (χ3n) is 2.58. The molecule has 6 nitrogen and oxygen atoms in total. The molecular weight excluding hydrogens is 240 g/mol. The highest BCUT2D eigenvalue weighted by atomic mass is 32.2. The van der Waals surface area contributed by atoms with E-state index in [0.29, 0.717) is 6.42 Å². The van der Waals surface area contributed by atoms with Crippen LogP contribution in [0.25, 0.3) is 0 Å². The Balaban J connectivity index is 2.08. The average Bonchev–Trinajstić information content (AvgIpc) is 2.69. The minimum absolute atomic E-state index is 0.228. The van der Waals surface area contributed by atoms with Crippen molar-refractivity contribution in [2.45, 2.75) is 19.8 Å². The van der Waals surface area contributed by atoms with E-state index in [1.807, 2.05) is 11.6 Å². The lowest BCUT2D eigenvalue weighted by molar-refractivity contribution is 0.588. The van der Waals surface area contributed by atoms with Gasteiger partial charge in [0.05, 0.1) is 5.75 Å². The summed E-state index contributed by atoms with van der Waals surface area (Å²) >= 11 is 0. The minimum atomic E-state index is -2.82. The zero-order valence-electron chi connectivity index (χ0n) is 10.4. The van der Waals surface area contributed by atoms with Crippen LogP contribution < -0.4 is 5.32 Å². The van der Waals surface area contributed by atoms with Gasteiger partial charge in [0.15, 0.2) is 0 Å². The third-order valence-corrected chi connectivity index (χ3v) is 4.37. The quantitative estimate of drug-likeness (QED) is 0.653. The predicted octanol–water partition coefficient (Wildman–Crippen LogP) is -0.228.